The zero-order valence-corrected chi connectivity index (χ0v) is 34.3. The average molecular weight is 799 g/mol. The van der Waals surface area contributed by atoms with E-state index < -0.39 is 0 Å². The standard InChI is InChI=1S/C62H38O/c1-2-15-41-33-42(28-27-39(41)13-1)45-34-46(36-47(35-45)58-37-43-16-4-6-19-50(43)52-20-8-10-23-55(52)58)51-30-31-56(54-22-9-7-21-53(51)54)57-25-12-26-61-62(57)59-38-44(29-32-60(59)63-61)49-24-11-17-40-14-3-5-18-48(40)49/h1-38H. The highest BCUT2D eigenvalue weighted by Gasteiger charge is 2.19. The van der Waals surface area contributed by atoms with Crippen LogP contribution >= 0.6 is 0 Å². The quantitative estimate of drug-likeness (QED) is 0.158. The highest BCUT2D eigenvalue weighted by atomic mass is 16.3. The van der Waals surface area contributed by atoms with Crippen LogP contribution in [0.2, 0.25) is 0 Å². The van der Waals surface area contributed by atoms with Gasteiger partial charge in [0.1, 0.15) is 11.2 Å². The fourth-order valence-electron chi connectivity index (χ4n) is 10.2. The van der Waals surface area contributed by atoms with Gasteiger partial charge in [-0.3, -0.25) is 0 Å². The molecule has 0 amide bonds. The van der Waals surface area contributed by atoms with Crippen molar-refractivity contribution in [3.8, 4) is 55.6 Å². The Balaban J connectivity index is 1.03. The summed E-state index contributed by atoms with van der Waals surface area (Å²) in [4.78, 5) is 0. The zero-order valence-electron chi connectivity index (χ0n) is 34.3. The van der Waals surface area contributed by atoms with E-state index in [2.05, 4.69) is 231 Å². The molecule has 0 saturated carbocycles. The lowest BCUT2D eigenvalue weighted by atomic mass is 9.86. The van der Waals surface area contributed by atoms with Crippen molar-refractivity contribution in [1.29, 1.82) is 0 Å². The topological polar surface area (TPSA) is 13.1 Å². The molecule has 0 radical (unpaired) electrons. The van der Waals surface area contributed by atoms with Gasteiger partial charge < -0.3 is 4.42 Å². The van der Waals surface area contributed by atoms with Crippen molar-refractivity contribution in [1.82, 2.24) is 0 Å². The van der Waals surface area contributed by atoms with Gasteiger partial charge in [-0.2, -0.15) is 0 Å². The van der Waals surface area contributed by atoms with Crippen LogP contribution in [0.1, 0.15) is 0 Å². The minimum Gasteiger partial charge on any atom is -0.456 e. The minimum absolute atomic E-state index is 0.890. The molecule has 1 heterocycles. The molecule has 0 bridgehead atoms. The van der Waals surface area contributed by atoms with Crippen molar-refractivity contribution in [3.63, 3.8) is 0 Å². The van der Waals surface area contributed by atoms with E-state index in [1.165, 1.54) is 104 Å². The number of fused-ring (bicyclic) bond motifs is 9. The second kappa shape index (κ2) is 14.2. The van der Waals surface area contributed by atoms with Gasteiger partial charge in [-0.15, -0.1) is 0 Å². The Kier molecular flexibility index (Phi) is 7.98. The summed E-state index contributed by atoms with van der Waals surface area (Å²) in [6.07, 6.45) is 0. The smallest absolute Gasteiger partial charge is 0.136 e. The van der Waals surface area contributed by atoms with Crippen molar-refractivity contribution in [2.75, 3.05) is 0 Å². The van der Waals surface area contributed by atoms with Gasteiger partial charge in [-0.1, -0.05) is 182 Å². The number of furan rings is 1. The number of rotatable bonds is 5. The molecule has 0 atom stereocenters. The predicted octanol–water partition coefficient (Wildman–Crippen LogP) is 17.7. The molecule has 0 fully saturated rings. The molecule has 0 unspecified atom stereocenters. The maximum absolute atomic E-state index is 6.59. The largest absolute Gasteiger partial charge is 0.456 e. The van der Waals surface area contributed by atoms with E-state index in [0.29, 0.717) is 0 Å². The van der Waals surface area contributed by atoms with Gasteiger partial charge in [0.15, 0.2) is 0 Å². The lowest BCUT2D eigenvalue weighted by Gasteiger charge is -2.17. The van der Waals surface area contributed by atoms with Crippen LogP contribution in [-0.4, -0.2) is 0 Å². The molecule has 0 aliphatic heterocycles. The molecular formula is C62H38O. The van der Waals surface area contributed by atoms with Crippen LogP contribution in [0.25, 0.3) is 131 Å². The van der Waals surface area contributed by atoms with Crippen molar-refractivity contribution in [2.24, 2.45) is 0 Å². The minimum atomic E-state index is 0.890. The summed E-state index contributed by atoms with van der Waals surface area (Å²) >= 11 is 0. The van der Waals surface area contributed by atoms with Crippen LogP contribution in [0.15, 0.2) is 235 Å². The van der Waals surface area contributed by atoms with E-state index in [4.69, 9.17) is 4.42 Å². The van der Waals surface area contributed by atoms with E-state index in [1.807, 2.05) is 0 Å². The van der Waals surface area contributed by atoms with E-state index >= 15 is 0 Å². The van der Waals surface area contributed by atoms with Crippen molar-refractivity contribution >= 4 is 75.8 Å². The number of hydrogen-bond acceptors (Lipinski definition) is 1. The molecule has 0 spiro atoms. The van der Waals surface area contributed by atoms with Crippen molar-refractivity contribution in [2.45, 2.75) is 0 Å². The molecule has 0 N–H and O–H groups in total. The Morgan fingerprint density at radius 1 is 0.206 bits per heavy atom. The van der Waals surface area contributed by atoms with Gasteiger partial charge in [-0.05, 0) is 158 Å². The third-order valence-corrected chi connectivity index (χ3v) is 13.2. The van der Waals surface area contributed by atoms with Gasteiger partial charge in [0.2, 0.25) is 0 Å². The van der Waals surface area contributed by atoms with E-state index in [0.717, 1.165) is 27.5 Å². The molecule has 1 aromatic heterocycles. The van der Waals surface area contributed by atoms with Gasteiger partial charge >= 0.3 is 0 Å². The summed E-state index contributed by atoms with van der Waals surface area (Å²) in [7, 11) is 0. The lowest BCUT2D eigenvalue weighted by Crippen LogP contribution is -1.91. The molecule has 0 saturated heterocycles. The highest BCUT2D eigenvalue weighted by Crippen LogP contribution is 2.45. The summed E-state index contributed by atoms with van der Waals surface area (Å²) in [6.45, 7) is 0. The zero-order chi connectivity index (χ0) is 41.4. The van der Waals surface area contributed by atoms with E-state index in [-0.39, 0.29) is 0 Å². The van der Waals surface area contributed by atoms with E-state index in [1.54, 1.807) is 0 Å². The van der Waals surface area contributed by atoms with Crippen LogP contribution in [-0.2, 0) is 0 Å². The second-order valence-corrected chi connectivity index (χ2v) is 16.8. The first kappa shape index (κ1) is 35.5. The molecule has 13 rings (SSSR count). The number of hydrogen-bond donors (Lipinski definition) is 0. The Labute approximate surface area is 364 Å². The normalized spacial score (nSPS) is 11.8. The monoisotopic (exact) mass is 798 g/mol. The predicted molar refractivity (Wildman–Crippen MR) is 268 cm³/mol. The van der Waals surface area contributed by atoms with Crippen LogP contribution in [0.4, 0.5) is 0 Å². The van der Waals surface area contributed by atoms with Gasteiger partial charge in [0.25, 0.3) is 0 Å². The molecule has 12 aromatic carbocycles. The van der Waals surface area contributed by atoms with E-state index in [9.17, 15) is 0 Å². The Hall–Kier alpha value is -8.26. The summed E-state index contributed by atoms with van der Waals surface area (Å²) in [6, 6.07) is 84.5. The molecular weight excluding hydrogens is 761 g/mol. The van der Waals surface area contributed by atoms with Gasteiger partial charge in [-0.25, -0.2) is 0 Å². The molecule has 292 valence electrons. The third-order valence-electron chi connectivity index (χ3n) is 13.2. The molecule has 0 aliphatic carbocycles. The summed E-state index contributed by atoms with van der Waals surface area (Å²) in [5.41, 5.74) is 13.7. The average Bonchev–Trinajstić information content (AvgIpc) is 3.74. The Morgan fingerprint density at radius 3 is 1.59 bits per heavy atom. The number of benzene rings is 12. The molecule has 1 heteroatoms. The second-order valence-electron chi connectivity index (χ2n) is 16.8. The summed E-state index contributed by atoms with van der Waals surface area (Å²) < 4.78 is 6.59. The third kappa shape index (κ3) is 5.78. The maximum atomic E-state index is 6.59. The van der Waals surface area contributed by atoms with Crippen LogP contribution in [0.5, 0.6) is 0 Å². The fourth-order valence-corrected chi connectivity index (χ4v) is 10.2. The fraction of sp³-hybridized carbons (Fsp3) is 0. The van der Waals surface area contributed by atoms with Crippen LogP contribution in [0, 0.1) is 0 Å². The SMILES string of the molecule is c1ccc2cc(-c3cc(-c4ccc(-c5cccc6oc7ccc(-c8cccc9ccccc89)cc7c56)c5ccccc45)cc(-c4cc5ccccc5c5ccccc45)c3)ccc2c1. The van der Waals surface area contributed by atoms with Crippen LogP contribution < -0.4 is 0 Å². The first-order chi connectivity index (χ1) is 31.2. The molecule has 63 heavy (non-hydrogen) atoms. The maximum Gasteiger partial charge on any atom is 0.136 e. The highest BCUT2D eigenvalue weighted by molar-refractivity contribution is 6.18. The summed E-state index contributed by atoms with van der Waals surface area (Å²) in [5.74, 6) is 0. The van der Waals surface area contributed by atoms with Gasteiger partial charge in [0, 0.05) is 10.8 Å². The Bertz CT molecular complexity index is 3970. The van der Waals surface area contributed by atoms with Crippen molar-refractivity contribution in [3.05, 3.63) is 231 Å². The first-order valence-corrected chi connectivity index (χ1v) is 21.7. The van der Waals surface area contributed by atoms with Crippen LogP contribution in [0.3, 0.4) is 0 Å². The molecule has 13 aromatic rings. The molecule has 1 nitrogen and oxygen atoms in total. The molecule has 0 aliphatic rings. The first-order valence-electron chi connectivity index (χ1n) is 21.7. The van der Waals surface area contributed by atoms with Gasteiger partial charge in [0.05, 0.1) is 0 Å². The lowest BCUT2D eigenvalue weighted by molar-refractivity contribution is 0.669. The van der Waals surface area contributed by atoms with Crippen molar-refractivity contribution < 1.29 is 4.42 Å². The Morgan fingerprint density at radius 2 is 0.762 bits per heavy atom. The summed E-state index contributed by atoms with van der Waals surface area (Å²) in [5, 5.41) is 14.7.